The number of carbonyl (C=O) groups excluding carboxylic acids is 1. The number of anilines is 2. The van der Waals surface area contributed by atoms with Crippen LogP contribution in [0.2, 0.25) is 0 Å². The molecule has 206 valence electrons. The van der Waals surface area contributed by atoms with Gasteiger partial charge in [-0.15, -0.1) is 0 Å². The van der Waals surface area contributed by atoms with Gasteiger partial charge in [-0.3, -0.25) is 19.2 Å². The van der Waals surface area contributed by atoms with Gasteiger partial charge in [0.1, 0.15) is 5.82 Å². The Balaban J connectivity index is 1.09. The zero-order valence-electron chi connectivity index (χ0n) is 22.3. The van der Waals surface area contributed by atoms with Crippen LogP contribution >= 0.6 is 0 Å². The third-order valence-corrected chi connectivity index (χ3v) is 7.78. The van der Waals surface area contributed by atoms with E-state index >= 15 is 0 Å². The average Bonchev–Trinajstić information content (AvgIpc) is 3.62. The molecule has 1 saturated heterocycles. The van der Waals surface area contributed by atoms with Crippen LogP contribution in [-0.2, 0) is 25.9 Å². The van der Waals surface area contributed by atoms with Gasteiger partial charge in [0, 0.05) is 36.7 Å². The molecule has 1 atom stereocenters. The SMILES string of the molecule is O=C(Nc1c[nH]c(=O)c(C2Cc3cc(CN4CCCCC4)ccc3N2)c1)c1cnn(CCc2ccc(F)cc2)c1. The Hall–Kier alpha value is -4.24. The second-order valence-corrected chi connectivity index (χ2v) is 10.7. The van der Waals surface area contributed by atoms with Gasteiger partial charge in [-0.1, -0.05) is 30.7 Å². The third kappa shape index (κ3) is 5.99. The van der Waals surface area contributed by atoms with Gasteiger partial charge in [0.05, 0.1) is 23.5 Å². The lowest BCUT2D eigenvalue weighted by Crippen LogP contribution is -2.29. The minimum absolute atomic E-state index is 0.171. The van der Waals surface area contributed by atoms with Crippen molar-refractivity contribution in [2.45, 2.75) is 51.2 Å². The standard InChI is InChI=1S/C31H33FN6O2/c32-25-7-4-21(5-8-25)10-13-38-20-24(17-34-38)30(39)35-26-16-27(31(40)33-18-26)29-15-23-14-22(6-9-28(23)36-29)19-37-11-2-1-3-12-37/h4-9,14,16-18,20,29,36H,1-3,10-13,15,19H2,(H,33,40)(H,35,39). The molecule has 9 heteroatoms. The molecule has 2 aromatic heterocycles. The van der Waals surface area contributed by atoms with Gasteiger partial charge in [-0.2, -0.15) is 5.10 Å². The molecule has 6 rings (SSSR count). The van der Waals surface area contributed by atoms with Crippen molar-refractivity contribution in [1.29, 1.82) is 0 Å². The van der Waals surface area contributed by atoms with Gasteiger partial charge in [0.2, 0.25) is 0 Å². The van der Waals surface area contributed by atoms with Crippen molar-refractivity contribution in [2.75, 3.05) is 23.7 Å². The summed E-state index contributed by atoms with van der Waals surface area (Å²) >= 11 is 0. The van der Waals surface area contributed by atoms with E-state index in [1.54, 1.807) is 29.1 Å². The number of H-pyrrole nitrogens is 1. The summed E-state index contributed by atoms with van der Waals surface area (Å²) in [5.41, 5.74) is 5.89. The number of amides is 1. The third-order valence-electron chi connectivity index (χ3n) is 7.78. The fourth-order valence-electron chi connectivity index (χ4n) is 5.61. The zero-order valence-corrected chi connectivity index (χ0v) is 22.3. The number of benzene rings is 2. The number of hydrogen-bond donors (Lipinski definition) is 3. The molecule has 0 saturated carbocycles. The maximum absolute atomic E-state index is 13.1. The number of carbonyl (C=O) groups is 1. The Morgan fingerprint density at radius 1 is 1.05 bits per heavy atom. The molecule has 4 heterocycles. The van der Waals surface area contributed by atoms with E-state index in [0.29, 0.717) is 36.2 Å². The lowest BCUT2D eigenvalue weighted by Gasteiger charge is -2.26. The van der Waals surface area contributed by atoms with Crippen molar-refractivity contribution in [1.82, 2.24) is 19.7 Å². The molecule has 1 unspecified atom stereocenters. The number of likely N-dealkylation sites (tertiary alicyclic amines) is 1. The summed E-state index contributed by atoms with van der Waals surface area (Å²) in [6.07, 6.45) is 9.96. The molecule has 3 N–H and O–H groups in total. The average molecular weight is 541 g/mol. The number of aromatic nitrogens is 3. The molecular weight excluding hydrogens is 507 g/mol. The van der Waals surface area contributed by atoms with Crippen LogP contribution in [0.15, 0.2) is 71.9 Å². The van der Waals surface area contributed by atoms with E-state index in [2.05, 4.69) is 43.8 Å². The Kier molecular flexibility index (Phi) is 7.46. The highest BCUT2D eigenvalue weighted by Gasteiger charge is 2.25. The van der Waals surface area contributed by atoms with E-state index in [1.807, 2.05) is 0 Å². The molecule has 40 heavy (non-hydrogen) atoms. The Morgan fingerprint density at radius 3 is 2.67 bits per heavy atom. The quantitative estimate of drug-likeness (QED) is 0.296. The van der Waals surface area contributed by atoms with E-state index in [1.165, 1.54) is 54.9 Å². The van der Waals surface area contributed by atoms with Gasteiger partial charge >= 0.3 is 0 Å². The number of hydrogen-bond acceptors (Lipinski definition) is 5. The number of aryl methyl sites for hydroxylation is 2. The van der Waals surface area contributed by atoms with E-state index in [0.717, 1.165) is 30.9 Å². The lowest BCUT2D eigenvalue weighted by atomic mass is 10.0. The molecule has 2 aromatic carbocycles. The van der Waals surface area contributed by atoms with Gasteiger partial charge in [0.15, 0.2) is 0 Å². The monoisotopic (exact) mass is 540 g/mol. The van der Waals surface area contributed by atoms with Crippen molar-refractivity contribution in [3.8, 4) is 0 Å². The van der Waals surface area contributed by atoms with Gasteiger partial charge in [-0.05, 0) is 79.7 Å². The maximum Gasteiger partial charge on any atom is 0.258 e. The topological polar surface area (TPSA) is 95.1 Å². The summed E-state index contributed by atoms with van der Waals surface area (Å²) < 4.78 is 14.8. The van der Waals surface area contributed by atoms with Gasteiger partial charge in [0.25, 0.3) is 11.5 Å². The van der Waals surface area contributed by atoms with E-state index in [-0.39, 0.29) is 23.3 Å². The summed E-state index contributed by atoms with van der Waals surface area (Å²) in [4.78, 5) is 31.0. The first-order chi connectivity index (χ1) is 19.5. The minimum atomic E-state index is -0.309. The largest absolute Gasteiger partial charge is 0.377 e. The number of pyridine rings is 1. The van der Waals surface area contributed by atoms with Gasteiger partial charge in [-0.25, -0.2) is 4.39 Å². The molecule has 0 radical (unpaired) electrons. The van der Waals surface area contributed by atoms with Crippen molar-refractivity contribution < 1.29 is 9.18 Å². The van der Waals surface area contributed by atoms with Crippen LogP contribution in [-0.4, -0.2) is 38.7 Å². The molecule has 2 aliphatic rings. The second kappa shape index (κ2) is 11.5. The zero-order chi connectivity index (χ0) is 27.5. The number of piperidine rings is 1. The highest BCUT2D eigenvalue weighted by molar-refractivity contribution is 6.03. The fourth-order valence-corrected chi connectivity index (χ4v) is 5.61. The number of nitrogens with zero attached hydrogens (tertiary/aromatic N) is 3. The molecule has 4 aromatic rings. The molecule has 0 aliphatic carbocycles. The Bertz CT molecular complexity index is 1550. The number of aromatic amines is 1. The smallest absolute Gasteiger partial charge is 0.258 e. The van der Waals surface area contributed by atoms with Crippen LogP contribution < -0.4 is 16.2 Å². The van der Waals surface area contributed by atoms with Gasteiger partial charge < -0.3 is 15.6 Å². The first-order valence-electron chi connectivity index (χ1n) is 13.9. The normalized spacial score (nSPS) is 16.9. The van der Waals surface area contributed by atoms with Crippen molar-refractivity contribution in [2.24, 2.45) is 0 Å². The van der Waals surface area contributed by atoms with Crippen molar-refractivity contribution >= 4 is 17.3 Å². The van der Waals surface area contributed by atoms with E-state index in [4.69, 9.17) is 0 Å². The van der Waals surface area contributed by atoms with E-state index in [9.17, 15) is 14.0 Å². The maximum atomic E-state index is 13.1. The number of rotatable bonds is 8. The Morgan fingerprint density at radius 2 is 1.85 bits per heavy atom. The van der Waals surface area contributed by atoms with Crippen LogP contribution in [0.3, 0.4) is 0 Å². The molecular formula is C31H33FN6O2. The van der Waals surface area contributed by atoms with Crippen LogP contribution in [0.4, 0.5) is 15.8 Å². The summed E-state index contributed by atoms with van der Waals surface area (Å²) in [7, 11) is 0. The minimum Gasteiger partial charge on any atom is -0.377 e. The predicted molar refractivity (Wildman–Crippen MR) is 153 cm³/mol. The summed E-state index contributed by atoms with van der Waals surface area (Å²) in [6, 6.07) is 14.5. The molecule has 8 nitrogen and oxygen atoms in total. The first kappa shape index (κ1) is 26.0. The van der Waals surface area contributed by atoms with Crippen LogP contribution in [0.1, 0.15) is 57.9 Å². The summed E-state index contributed by atoms with van der Waals surface area (Å²) in [6.45, 7) is 3.84. The molecule has 1 fully saturated rings. The predicted octanol–water partition coefficient (Wildman–Crippen LogP) is 4.90. The molecule has 2 aliphatic heterocycles. The summed E-state index contributed by atoms with van der Waals surface area (Å²) in [5, 5.41) is 10.7. The number of fused-ring (bicyclic) bond motifs is 1. The number of halogens is 1. The summed E-state index contributed by atoms with van der Waals surface area (Å²) in [5.74, 6) is -0.575. The van der Waals surface area contributed by atoms with E-state index < -0.39 is 0 Å². The van der Waals surface area contributed by atoms with Crippen molar-refractivity contribution in [3.05, 3.63) is 111 Å². The number of nitrogens with one attached hydrogen (secondary N) is 3. The van der Waals surface area contributed by atoms with Crippen molar-refractivity contribution in [3.63, 3.8) is 0 Å². The lowest BCUT2D eigenvalue weighted by molar-refractivity contribution is 0.102. The van der Waals surface area contributed by atoms with Crippen LogP contribution in [0.5, 0.6) is 0 Å². The fraction of sp³-hybridized carbons (Fsp3) is 0.323. The molecule has 0 spiro atoms. The highest BCUT2D eigenvalue weighted by Crippen LogP contribution is 2.34. The molecule has 0 bridgehead atoms. The first-order valence-corrected chi connectivity index (χ1v) is 13.9. The second-order valence-electron chi connectivity index (χ2n) is 10.7. The van der Waals surface area contributed by atoms with Crippen LogP contribution in [0, 0.1) is 5.82 Å². The highest BCUT2D eigenvalue weighted by atomic mass is 19.1. The van der Waals surface area contributed by atoms with Crippen LogP contribution in [0.25, 0.3) is 0 Å². The Labute approximate surface area is 232 Å². The molecule has 1 amide bonds.